The molecule has 0 heterocycles. The Morgan fingerprint density at radius 3 is 2.34 bits per heavy atom. The summed E-state index contributed by atoms with van der Waals surface area (Å²) in [4.78, 5) is 34.8. The molecule has 29 heavy (non-hydrogen) atoms. The van der Waals surface area contributed by atoms with Crippen LogP contribution in [-0.2, 0) is 25.6 Å². The van der Waals surface area contributed by atoms with Crippen LogP contribution in [0.4, 0.5) is 9.59 Å². The van der Waals surface area contributed by atoms with Gasteiger partial charge in [0.05, 0.1) is 6.10 Å². The van der Waals surface area contributed by atoms with Gasteiger partial charge in [0.1, 0.15) is 12.2 Å². The van der Waals surface area contributed by atoms with Crippen LogP contribution >= 0.6 is 0 Å². The summed E-state index contributed by atoms with van der Waals surface area (Å²) >= 11 is 0. The number of hydrogen-bond acceptors (Lipinski definition) is 6. The number of nitrogens with one attached hydrogen (secondary N) is 2. The topological polar surface area (TPSA) is 123 Å². The summed E-state index contributed by atoms with van der Waals surface area (Å²) < 4.78 is 15.6. The number of amides is 2. The van der Waals surface area contributed by atoms with E-state index in [1.165, 1.54) is 6.92 Å². The van der Waals surface area contributed by atoms with Crippen LogP contribution in [0, 0.1) is 0 Å². The zero-order valence-electron chi connectivity index (χ0n) is 17.3. The summed E-state index contributed by atoms with van der Waals surface area (Å²) in [5.41, 5.74) is 0.148. The van der Waals surface area contributed by atoms with E-state index in [4.69, 9.17) is 14.2 Å². The van der Waals surface area contributed by atoms with Gasteiger partial charge in [-0.2, -0.15) is 0 Å². The minimum absolute atomic E-state index is 0.177. The lowest BCUT2D eigenvalue weighted by Crippen LogP contribution is -2.50. The van der Waals surface area contributed by atoms with E-state index in [0.717, 1.165) is 5.56 Å². The van der Waals surface area contributed by atoms with Crippen LogP contribution in [-0.4, -0.2) is 54.2 Å². The summed E-state index contributed by atoms with van der Waals surface area (Å²) in [6, 6.07) is 8.05. The van der Waals surface area contributed by atoms with Gasteiger partial charge in [-0.25, -0.2) is 14.4 Å². The van der Waals surface area contributed by atoms with Gasteiger partial charge in [-0.3, -0.25) is 0 Å². The number of ether oxygens (including phenoxy) is 3. The van der Waals surface area contributed by atoms with E-state index >= 15 is 0 Å². The van der Waals surface area contributed by atoms with E-state index < -0.39 is 35.9 Å². The molecule has 0 aromatic heterocycles. The third-order valence-electron chi connectivity index (χ3n) is 3.59. The van der Waals surface area contributed by atoms with E-state index in [1.807, 2.05) is 30.3 Å². The lowest BCUT2D eigenvalue weighted by atomic mass is 10.2. The minimum Gasteiger partial charge on any atom is -0.480 e. The predicted octanol–water partition coefficient (Wildman–Crippen LogP) is 2.69. The molecule has 0 aliphatic heterocycles. The van der Waals surface area contributed by atoms with Gasteiger partial charge in [-0.05, 0) is 39.7 Å². The number of carbonyl (C=O) groups excluding carboxylic acids is 2. The van der Waals surface area contributed by atoms with Gasteiger partial charge in [0.25, 0.3) is 0 Å². The molecule has 0 saturated carbocycles. The number of aliphatic carboxylic acids is 1. The third kappa shape index (κ3) is 10.9. The van der Waals surface area contributed by atoms with Gasteiger partial charge in [0.15, 0.2) is 6.04 Å². The predicted molar refractivity (Wildman–Crippen MR) is 105 cm³/mol. The second-order valence-electron chi connectivity index (χ2n) is 7.38. The monoisotopic (exact) mass is 410 g/mol. The lowest BCUT2D eigenvalue weighted by molar-refractivity contribution is -0.143. The van der Waals surface area contributed by atoms with Crippen molar-refractivity contribution in [2.24, 2.45) is 0 Å². The second-order valence-corrected chi connectivity index (χ2v) is 7.38. The SMILES string of the molecule is CC(OCCCNC(=O)OCc1ccccc1)C(NC(=O)OC(C)(C)C)C(=O)O. The average molecular weight is 410 g/mol. The summed E-state index contributed by atoms with van der Waals surface area (Å²) in [6.07, 6.45) is -1.71. The first-order valence-corrected chi connectivity index (χ1v) is 9.37. The van der Waals surface area contributed by atoms with Crippen molar-refractivity contribution in [3.05, 3.63) is 35.9 Å². The number of rotatable bonds is 10. The van der Waals surface area contributed by atoms with Crippen LogP contribution in [0.3, 0.4) is 0 Å². The van der Waals surface area contributed by atoms with Crippen molar-refractivity contribution in [3.8, 4) is 0 Å². The molecule has 1 aromatic carbocycles. The number of hydrogen-bond donors (Lipinski definition) is 3. The highest BCUT2D eigenvalue weighted by atomic mass is 16.6. The first kappa shape index (κ1) is 24.2. The molecule has 9 heteroatoms. The highest BCUT2D eigenvalue weighted by molar-refractivity contribution is 5.80. The van der Waals surface area contributed by atoms with Crippen molar-refractivity contribution < 1.29 is 33.7 Å². The Bertz CT molecular complexity index is 659. The number of carbonyl (C=O) groups is 3. The van der Waals surface area contributed by atoms with Crippen LogP contribution in [0.2, 0.25) is 0 Å². The van der Waals surface area contributed by atoms with Crippen molar-refractivity contribution in [1.29, 1.82) is 0 Å². The van der Waals surface area contributed by atoms with Crippen LogP contribution in [0.1, 0.15) is 39.7 Å². The number of carboxylic acid groups (broad SMARTS) is 1. The molecule has 0 spiro atoms. The maximum Gasteiger partial charge on any atom is 0.408 e. The normalized spacial score (nSPS) is 13.1. The van der Waals surface area contributed by atoms with Crippen LogP contribution < -0.4 is 10.6 Å². The number of alkyl carbamates (subject to hydrolysis) is 2. The molecule has 2 unspecified atom stereocenters. The zero-order valence-corrected chi connectivity index (χ0v) is 17.3. The van der Waals surface area contributed by atoms with E-state index in [-0.39, 0.29) is 13.2 Å². The van der Waals surface area contributed by atoms with Crippen molar-refractivity contribution >= 4 is 18.2 Å². The van der Waals surface area contributed by atoms with Gasteiger partial charge in [-0.15, -0.1) is 0 Å². The standard InChI is InChI=1S/C20H30N2O7/c1-14(16(17(23)24)22-19(26)29-20(2,3)4)27-12-8-11-21-18(25)28-13-15-9-6-5-7-10-15/h5-7,9-10,14,16H,8,11-13H2,1-4H3,(H,21,25)(H,22,26)(H,23,24). The van der Waals surface area contributed by atoms with Gasteiger partial charge < -0.3 is 30.0 Å². The van der Waals surface area contributed by atoms with Crippen LogP contribution in [0.15, 0.2) is 30.3 Å². The molecule has 3 N–H and O–H groups in total. The second kappa shape index (κ2) is 11.9. The van der Waals surface area contributed by atoms with Crippen molar-refractivity contribution in [2.75, 3.05) is 13.2 Å². The maximum atomic E-state index is 11.8. The molecular weight excluding hydrogens is 380 g/mol. The molecular formula is C20H30N2O7. The van der Waals surface area contributed by atoms with E-state index in [1.54, 1.807) is 20.8 Å². The number of benzene rings is 1. The van der Waals surface area contributed by atoms with Crippen LogP contribution in [0.5, 0.6) is 0 Å². The van der Waals surface area contributed by atoms with Gasteiger partial charge in [0.2, 0.25) is 0 Å². The van der Waals surface area contributed by atoms with Gasteiger partial charge in [0, 0.05) is 13.2 Å². The third-order valence-corrected chi connectivity index (χ3v) is 3.59. The Balaban J connectivity index is 2.26. The molecule has 0 aliphatic carbocycles. The summed E-state index contributed by atoms with van der Waals surface area (Å²) in [5, 5.41) is 14.2. The minimum atomic E-state index is -1.26. The Kier molecular flexibility index (Phi) is 9.94. The molecule has 2 amide bonds. The first-order chi connectivity index (χ1) is 13.6. The van der Waals surface area contributed by atoms with Crippen molar-refractivity contribution in [2.45, 2.75) is 58.5 Å². The highest BCUT2D eigenvalue weighted by Gasteiger charge is 2.29. The molecule has 162 valence electrons. The van der Waals surface area contributed by atoms with E-state index in [9.17, 15) is 19.5 Å². The number of carboxylic acids is 1. The van der Waals surface area contributed by atoms with Crippen LogP contribution in [0.25, 0.3) is 0 Å². The quantitative estimate of drug-likeness (QED) is 0.507. The van der Waals surface area contributed by atoms with Gasteiger partial charge in [-0.1, -0.05) is 30.3 Å². The smallest absolute Gasteiger partial charge is 0.408 e. The van der Waals surface area contributed by atoms with Crippen molar-refractivity contribution in [3.63, 3.8) is 0 Å². The summed E-state index contributed by atoms with van der Waals surface area (Å²) in [6.45, 7) is 7.26. The van der Waals surface area contributed by atoms with E-state index in [2.05, 4.69) is 10.6 Å². The summed E-state index contributed by atoms with van der Waals surface area (Å²) in [5.74, 6) is -1.23. The molecule has 0 saturated heterocycles. The first-order valence-electron chi connectivity index (χ1n) is 9.37. The molecule has 1 rings (SSSR count). The Morgan fingerprint density at radius 2 is 1.76 bits per heavy atom. The Labute approximate surface area is 170 Å². The zero-order chi connectivity index (χ0) is 21.9. The lowest BCUT2D eigenvalue weighted by Gasteiger charge is -2.25. The Hall–Kier alpha value is -2.81. The maximum absolute atomic E-state index is 11.8. The Morgan fingerprint density at radius 1 is 1.10 bits per heavy atom. The molecule has 2 atom stereocenters. The van der Waals surface area contributed by atoms with Gasteiger partial charge >= 0.3 is 18.2 Å². The molecule has 1 aromatic rings. The molecule has 9 nitrogen and oxygen atoms in total. The highest BCUT2D eigenvalue weighted by Crippen LogP contribution is 2.08. The van der Waals surface area contributed by atoms with E-state index in [0.29, 0.717) is 13.0 Å². The molecule has 0 fully saturated rings. The molecule has 0 radical (unpaired) electrons. The molecule has 0 aliphatic rings. The fourth-order valence-corrected chi connectivity index (χ4v) is 2.22. The summed E-state index contributed by atoms with van der Waals surface area (Å²) in [7, 11) is 0. The fourth-order valence-electron chi connectivity index (χ4n) is 2.22. The average Bonchev–Trinajstić information content (AvgIpc) is 2.63. The largest absolute Gasteiger partial charge is 0.480 e. The fraction of sp³-hybridized carbons (Fsp3) is 0.550. The molecule has 0 bridgehead atoms. The van der Waals surface area contributed by atoms with Crippen molar-refractivity contribution in [1.82, 2.24) is 10.6 Å².